The van der Waals surface area contributed by atoms with Gasteiger partial charge in [0.2, 0.25) is 5.91 Å². The lowest BCUT2D eigenvalue weighted by atomic mass is 10.0. The maximum Gasteiger partial charge on any atom is 0.411 e. The molecule has 0 aliphatic heterocycles. The Morgan fingerprint density at radius 3 is 2.25 bits per heavy atom. The Morgan fingerprint density at radius 2 is 1.94 bits per heavy atom. The molecule has 1 amide bonds. The van der Waals surface area contributed by atoms with Crippen molar-refractivity contribution in [2.24, 2.45) is 11.7 Å². The average Bonchev–Trinajstić information content (AvgIpc) is 2.82. The molecule has 0 unspecified atom stereocenters. The minimum atomic E-state index is -4.37. The third-order valence-electron chi connectivity index (χ3n) is 2.72. The molecule has 16 heavy (non-hydrogen) atoms. The van der Waals surface area contributed by atoms with Gasteiger partial charge >= 0.3 is 6.18 Å². The number of halogens is 3. The topological polar surface area (TPSA) is 55.1 Å². The normalized spacial score (nSPS) is 20.7. The Labute approximate surface area is 92.6 Å². The van der Waals surface area contributed by atoms with Gasteiger partial charge in [0, 0.05) is 0 Å². The maximum absolute atomic E-state index is 12.5. The van der Waals surface area contributed by atoms with E-state index in [1.165, 1.54) is 0 Å². The van der Waals surface area contributed by atoms with Crippen molar-refractivity contribution in [2.45, 2.75) is 50.9 Å². The molecule has 0 aromatic rings. The second kappa shape index (κ2) is 4.24. The summed E-state index contributed by atoms with van der Waals surface area (Å²) in [6, 6.07) is -0.861. The highest BCUT2D eigenvalue weighted by Crippen LogP contribution is 2.48. The molecule has 0 spiro atoms. The zero-order valence-corrected chi connectivity index (χ0v) is 9.40. The molecule has 0 aromatic carbocycles. The summed E-state index contributed by atoms with van der Waals surface area (Å²) in [6.07, 6.45) is -4.08. The first-order chi connectivity index (χ1) is 7.18. The lowest BCUT2D eigenvalue weighted by molar-refractivity contribution is -0.170. The fraction of sp³-hybridized carbons (Fsp3) is 0.900. The molecule has 0 heterocycles. The van der Waals surface area contributed by atoms with Gasteiger partial charge in [-0.05, 0) is 25.2 Å². The molecule has 1 aliphatic carbocycles. The van der Waals surface area contributed by atoms with Crippen molar-refractivity contribution >= 4 is 5.91 Å². The Hall–Kier alpha value is -0.780. The SMILES string of the molecule is CC(C)C[C@@H](N)C(=O)NC1(C(F)(F)F)CC1. The summed E-state index contributed by atoms with van der Waals surface area (Å²) in [5.74, 6) is -0.523. The van der Waals surface area contributed by atoms with Gasteiger partial charge in [-0.2, -0.15) is 13.2 Å². The van der Waals surface area contributed by atoms with E-state index in [0.29, 0.717) is 6.42 Å². The molecule has 0 bridgehead atoms. The lowest BCUT2D eigenvalue weighted by Gasteiger charge is -2.23. The van der Waals surface area contributed by atoms with E-state index in [-0.39, 0.29) is 18.8 Å². The number of nitrogens with one attached hydrogen (secondary N) is 1. The van der Waals surface area contributed by atoms with Gasteiger partial charge in [-0.3, -0.25) is 4.79 Å². The van der Waals surface area contributed by atoms with Crippen LogP contribution in [0.25, 0.3) is 0 Å². The first-order valence-corrected chi connectivity index (χ1v) is 5.32. The summed E-state index contributed by atoms with van der Waals surface area (Å²) >= 11 is 0. The van der Waals surface area contributed by atoms with Crippen molar-refractivity contribution in [3.05, 3.63) is 0 Å². The second-order valence-electron chi connectivity index (χ2n) is 4.81. The van der Waals surface area contributed by atoms with Gasteiger partial charge in [0.25, 0.3) is 0 Å². The quantitative estimate of drug-likeness (QED) is 0.781. The number of carbonyl (C=O) groups excluding carboxylic acids is 1. The Balaban J connectivity index is 2.52. The van der Waals surface area contributed by atoms with Crippen LogP contribution < -0.4 is 11.1 Å². The fourth-order valence-electron chi connectivity index (χ4n) is 1.55. The van der Waals surface area contributed by atoms with E-state index < -0.39 is 23.7 Å². The number of hydrogen-bond acceptors (Lipinski definition) is 2. The molecular weight excluding hydrogens is 221 g/mol. The number of amides is 1. The van der Waals surface area contributed by atoms with Crippen LogP contribution in [-0.4, -0.2) is 23.7 Å². The number of alkyl halides is 3. The number of nitrogens with two attached hydrogens (primary N) is 1. The zero-order chi connectivity index (χ0) is 12.6. The third-order valence-corrected chi connectivity index (χ3v) is 2.72. The van der Waals surface area contributed by atoms with Crippen molar-refractivity contribution in [2.75, 3.05) is 0 Å². The summed E-state index contributed by atoms with van der Waals surface area (Å²) in [5, 5.41) is 2.02. The van der Waals surface area contributed by atoms with Crippen LogP contribution >= 0.6 is 0 Å². The van der Waals surface area contributed by atoms with E-state index in [1.807, 2.05) is 19.2 Å². The molecule has 6 heteroatoms. The van der Waals surface area contributed by atoms with E-state index in [4.69, 9.17) is 5.73 Å². The standard InChI is InChI=1S/C10H17F3N2O/c1-6(2)5-7(14)8(16)15-9(3-4-9)10(11,12)13/h6-7H,3-5,14H2,1-2H3,(H,15,16)/t7-/m1/s1. The molecule has 94 valence electrons. The summed E-state index contributed by atoms with van der Waals surface area (Å²) < 4.78 is 37.6. The van der Waals surface area contributed by atoms with E-state index in [1.54, 1.807) is 0 Å². The van der Waals surface area contributed by atoms with Crippen molar-refractivity contribution in [3.63, 3.8) is 0 Å². The Morgan fingerprint density at radius 1 is 1.44 bits per heavy atom. The fourth-order valence-corrected chi connectivity index (χ4v) is 1.55. The minimum Gasteiger partial charge on any atom is -0.341 e. The van der Waals surface area contributed by atoms with Gasteiger partial charge in [0.1, 0.15) is 5.54 Å². The lowest BCUT2D eigenvalue weighted by Crippen LogP contribution is -2.53. The van der Waals surface area contributed by atoms with Crippen LogP contribution in [0.2, 0.25) is 0 Å². The highest BCUT2D eigenvalue weighted by atomic mass is 19.4. The van der Waals surface area contributed by atoms with E-state index in [0.717, 1.165) is 0 Å². The van der Waals surface area contributed by atoms with Crippen LogP contribution in [0.3, 0.4) is 0 Å². The van der Waals surface area contributed by atoms with Crippen molar-refractivity contribution in [1.29, 1.82) is 0 Å². The van der Waals surface area contributed by atoms with Gasteiger partial charge in [0.05, 0.1) is 6.04 Å². The van der Waals surface area contributed by atoms with E-state index >= 15 is 0 Å². The molecule has 3 N–H and O–H groups in total. The molecule has 1 saturated carbocycles. The summed E-state index contributed by atoms with van der Waals surface area (Å²) in [4.78, 5) is 11.4. The molecular formula is C10H17F3N2O. The average molecular weight is 238 g/mol. The van der Waals surface area contributed by atoms with Gasteiger partial charge in [-0.15, -0.1) is 0 Å². The highest BCUT2D eigenvalue weighted by Gasteiger charge is 2.64. The molecule has 0 saturated heterocycles. The minimum absolute atomic E-state index is 0.0450. The molecule has 1 fully saturated rings. The summed E-state index contributed by atoms with van der Waals surface area (Å²) in [5.41, 5.74) is 3.52. The Bertz CT molecular complexity index is 272. The van der Waals surface area contributed by atoms with Crippen LogP contribution in [0.5, 0.6) is 0 Å². The number of carbonyl (C=O) groups is 1. The number of rotatable bonds is 4. The van der Waals surface area contributed by atoms with Crippen LogP contribution in [0.1, 0.15) is 33.1 Å². The van der Waals surface area contributed by atoms with Crippen LogP contribution in [0.4, 0.5) is 13.2 Å². The maximum atomic E-state index is 12.5. The molecule has 0 radical (unpaired) electrons. The van der Waals surface area contributed by atoms with Crippen molar-refractivity contribution < 1.29 is 18.0 Å². The van der Waals surface area contributed by atoms with E-state index in [2.05, 4.69) is 0 Å². The molecule has 3 nitrogen and oxygen atoms in total. The van der Waals surface area contributed by atoms with Crippen LogP contribution in [0, 0.1) is 5.92 Å². The van der Waals surface area contributed by atoms with Gasteiger partial charge in [0.15, 0.2) is 0 Å². The summed E-state index contributed by atoms with van der Waals surface area (Å²) in [7, 11) is 0. The van der Waals surface area contributed by atoms with Gasteiger partial charge in [-0.1, -0.05) is 13.8 Å². The monoisotopic (exact) mass is 238 g/mol. The Kier molecular flexibility index (Phi) is 3.52. The van der Waals surface area contributed by atoms with Gasteiger partial charge < -0.3 is 11.1 Å². The molecule has 1 aliphatic rings. The smallest absolute Gasteiger partial charge is 0.341 e. The van der Waals surface area contributed by atoms with Crippen molar-refractivity contribution in [1.82, 2.24) is 5.32 Å². The molecule has 1 rings (SSSR count). The zero-order valence-electron chi connectivity index (χ0n) is 9.40. The third kappa shape index (κ3) is 2.87. The second-order valence-corrected chi connectivity index (χ2v) is 4.81. The van der Waals surface area contributed by atoms with E-state index in [9.17, 15) is 18.0 Å². The largest absolute Gasteiger partial charge is 0.411 e. The predicted octanol–water partition coefficient (Wildman–Crippen LogP) is 1.57. The first kappa shape index (κ1) is 13.3. The summed E-state index contributed by atoms with van der Waals surface area (Å²) in [6.45, 7) is 3.73. The molecule has 1 atom stereocenters. The molecule has 0 aromatic heterocycles. The van der Waals surface area contributed by atoms with Crippen LogP contribution in [0.15, 0.2) is 0 Å². The highest BCUT2D eigenvalue weighted by molar-refractivity contribution is 5.82. The predicted molar refractivity (Wildman–Crippen MR) is 53.6 cm³/mol. The number of hydrogen-bond donors (Lipinski definition) is 2. The van der Waals surface area contributed by atoms with Gasteiger partial charge in [-0.25, -0.2) is 0 Å². The van der Waals surface area contributed by atoms with Crippen molar-refractivity contribution in [3.8, 4) is 0 Å². The first-order valence-electron chi connectivity index (χ1n) is 5.32. The van der Waals surface area contributed by atoms with Crippen LogP contribution in [-0.2, 0) is 4.79 Å².